The lowest BCUT2D eigenvalue weighted by Crippen LogP contribution is -2.55. The van der Waals surface area contributed by atoms with Crippen molar-refractivity contribution in [2.24, 2.45) is 0 Å². The summed E-state index contributed by atoms with van der Waals surface area (Å²) < 4.78 is 0. The molecular weight excluding hydrogens is 234 g/mol. The second-order valence-corrected chi connectivity index (χ2v) is 6.08. The predicted molar refractivity (Wildman–Crippen MR) is 63.0 cm³/mol. The van der Waals surface area contributed by atoms with Crippen LogP contribution in [0.2, 0.25) is 0 Å². The van der Waals surface area contributed by atoms with Gasteiger partial charge in [0, 0.05) is 24.5 Å². The highest BCUT2D eigenvalue weighted by atomic mass is 33.1. The molecule has 1 N–H and O–H groups in total. The molecule has 0 aromatic carbocycles. The number of carboxylic acids is 1. The number of rotatable bonds is 6. The number of carboxylic acid groups (broad SMARTS) is 1. The van der Waals surface area contributed by atoms with Crippen molar-refractivity contribution in [3.8, 4) is 0 Å². The Morgan fingerprint density at radius 1 is 1.47 bits per heavy atom. The molecule has 1 rings (SSSR count). The molecule has 0 aliphatic carbocycles. The summed E-state index contributed by atoms with van der Waals surface area (Å²) in [6.07, 6.45) is 1.04. The second-order valence-electron chi connectivity index (χ2n) is 3.21. The quantitative estimate of drug-likeness (QED) is 0.570. The van der Waals surface area contributed by atoms with Crippen molar-refractivity contribution in [1.29, 1.82) is 0 Å². The van der Waals surface area contributed by atoms with Crippen LogP contribution in [0.25, 0.3) is 0 Å². The van der Waals surface area contributed by atoms with E-state index in [9.17, 15) is 9.59 Å². The number of amides is 1. The van der Waals surface area contributed by atoms with Crippen LogP contribution in [0.15, 0.2) is 0 Å². The highest BCUT2D eigenvalue weighted by Crippen LogP contribution is 2.23. The van der Waals surface area contributed by atoms with Crippen LogP contribution in [0.3, 0.4) is 0 Å². The summed E-state index contributed by atoms with van der Waals surface area (Å²) in [5.74, 6) is 0.878. The van der Waals surface area contributed by atoms with E-state index in [2.05, 4.69) is 6.92 Å². The van der Waals surface area contributed by atoms with E-state index >= 15 is 0 Å². The van der Waals surface area contributed by atoms with E-state index < -0.39 is 12.0 Å². The molecule has 1 aliphatic heterocycles. The molecule has 0 saturated carbocycles. The lowest BCUT2D eigenvalue weighted by molar-refractivity contribution is -0.156. The number of aliphatic carboxylic acids is 1. The third-order valence-corrected chi connectivity index (χ3v) is 4.71. The third-order valence-electron chi connectivity index (χ3n) is 2.23. The molecule has 1 heterocycles. The highest BCUT2D eigenvalue weighted by molar-refractivity contribution is 8.76. The van der Waals surface area contributed by atoms with Gasteiger partial charge in [-0.25, -0.2) is 4.79 Å². The van der Waals surface area contributed by atoms with E-state index in [1.165, 1.54) is 4.90 Å². The average Bonchev–Trinajstić information content (AvgIpc) is 2.09. The fourth-order valence-electron chi connectivity index (χ4n) is 1.36. The molecule has 15 heavy (non-hydrogen) atoms. The van der Waals surface area contributed by atoms with Gasteiger partial charge in [0.05, 0.1) is 0 Å². The van der Waals surface area contributed by atoms with Gasteiger partial charge < -0.3 is 10.0 Å². The highest BCUT2D eigenvalue weighted by Gasteiger charge is 2.36. The van der Waals surface area contributed by atoms with Crippen LogP contribution in [-0.4, -0.2) is 46.0 Å². The summed E-state index contributed by atoms with van der Waals surface area (Å²) in [4.78, 5) is 23.7. The monoisotopic (exact) mass is 249 g/mol. The lowest BCUT2D eigenvalue weighted by Gasteiger charge is -2.37. The van der Waals surface area contributed by atoms with E-state index in [0.717, 1.165) is 11.5 Å². The Labute approximate surface area is 97.2 Å². The van der Waals surface area contributed by atoms with Gasteiger partial charge in [0.2, 0.25) is 5.91 Å². The first kappa shape index (κ1) is 12.7. The van der Waals surface area contributed by atoms with Gasteiger partial charge in [-0.15, -0.1) is 0 Å². The standard InChI is InChI=1S/C9H15NO3S2/c1-2-14-15-6-4-8(11)10-5-3-7(10)9(12)13/h7H,2-6H2,1H3,(H,12,13). The Hall–Kier alpha value is -0.360. The van der Waals surface area contributed by atoms with Crippen LogP contribution in [0.4, 0.5) is 0 Å². The van der Waals surface area contributed by atoms with Crippen LogP contribution >= 0.6 is 21.6 Å². The summed E-state index contributed by atoms with van der Waals surface area (Å²) in [6.45, 7) is 2.66. The molecule has 0 aromatic heterocycles. The van der Waals surface area contributed by atoms with Gasteiger partial charge in [0.1, 0.15) is 6.04 Å². The van der Waals surface area contributed by atoms with Crippen LogP contribution < -0.4 is 0 Å². The molecule has 1 saturated heterocycles. The molecule has 1 aliphatic rings. The first-order chi connectivity index (χ1) is 7.16. The summed E-state index contributed by atoms with van der Waals surface area (Å²) in [6, 6.07) is -0.568. The summed E-state index contributed by atoms with van der Waals surface area (Å²) in [5, 5.41) is 8.76. The Balaban J connectivity index is 2.20. The lowest BCUT2D eigenvalue weighted by atomic mass is 10.0. The minimum Gasteiger partial charge on any atom is -0.480 e. The molecule has 0 radical (unpaired) electrons. The second kappa shape index (κ2) is 6.27. The van der Waals surface area contributed by atoms with Crippen LogP contribution in [0.5, 0.6) is 0 Å². The Morgan fingerprint density at radius 2 is 2.20 bits per heavy atom. The van der Waals surface area contributed by atoms with Crippen molar-refractivity contribution in [1.82, 2.24) is 4.90 Å². The van der Waals surface area contributed by atoms with Gasteiger partial charge in [-0.05, 0) is 6.42 Å². The maximum Gasteiger partial charge on any atom is 0.326 e. The number of hydrogen-bond acceptors (Lipinski definition) is 4. The van der Waals surface area contributed by atoms with E-state index in [4.69, 9.17) is 5.11 Å². The van der Waals surface area contributed by atoms with Crippen LogP contribution in [-0.2, 0) is 9.59 Å². The van der Waals surface area contributed by atoms with Crippen LogP contribution in [0, 0.1) is 0 Å². The van der Waals surface area contributed by atoms with Crippen molar-refractivity contribution in [3.63, 3.8) is 0 Å². The van der Waals surface area contributed by atoms with Crippen molar-refractivity contribution >= 4 is 33.5 Å². The van der Waals surface area contributed by atoms with Crippen molar-refractivity contribution in [2.45, 2.75) is 25.8 Å². The van der Waals surface area contributed by atoms with Gasteiger partial charge in [0.25, 0.3) is 0 Å². The van der Waals surface area contributed by atoms with Crippen molar-refractivity contribution in [2.75, 3.05) is 18.1 Å². The summed E-state index contributed by atoms with van der Waals surface area (Å²) in [5.41, 5.74) is 0. The zero-order valence-electron chi connectivity index (χ0n) is 8.64. The topological polar surface area (TPSA) is 57.6 Å². The van der Waals surface area contributed by atoms with Crippen molar-refractivity contribution < 1.29 is 14.7 Å². The SMILES string of the molecule is CCSSCCC(=O)N1CCC1C(=O)O. The average molecular weight is 249 g/mol. The van der Waals surface area contributed by atoms with E-state index in [1.807, 2.05) is 0 Å². The van der Waals surface area contributed by atoms with Crippen molar-refractivity contribution in [3.05, 3.63) is 0 Å². The number of hydrogen-bond donors (Lipinski definition) is 1. The number of carbonyl (C=O) groups is 2. The molecule has 0 bridgehead atoms. The molecule has 6 heteroatoms. The zero-order chi connectivity index (χ0) is 11.3. The van der Waals surface area contributed by atoms with E-state index in [-0.39, 0.29) is 5.91 Å². The molecule has 1 unspecified atom stereocenters. The number of nitrogens with zero attached hydrogens (tertiary/aromatic N) is 1. The van der Waals surface area contributed by atoms with E-state index in [1.54, 1.807) is 21.6 Å². The maximum atomic E-state index is 11.5. The molecule has 86 valence electrons. The fraction of sp³-hybridized carbons (Fsp3) is 0.778. The Bertz CT molecular complexity index is 248. The first-order valence-corrected chi connectivity index (χ1v) is 7.42. The minimum absolute atomic E-state index is 0.0298. The van der Waals surface area contributed by atoms with E-state index in [0.29, 0.717) is 19.4 Å². The molecule has 0 spiro atoms. The molecule has 1 fully saturated rings. The summed E-state index contributed by atoms with van der Waals surface area (Å²) >= 11 is 0. The van der Waals surface area contributed by atoms with Gasteiger partial charge in [0.15, 0.2) is 0 Å². The molecule has 1 atom stereocenters. The predicted octanol–water partition coefficient (Wildman–Crippen LogP) is 1.46. The minimum atomic E-state index is -0.884. The van der Waals surface area contributed by atoms with Crippen LogP contribution in [0.1, 0.15) is 19.8 Å². The van der Waals surface area contributed by atoms with Gasteiger partial charge in [-0.1, -0.05) is 28.5 Å². The Morgan fingerprint density at radius 3 is 2.67 bits per heavy atom. The smallest absolute Gasteiger partial charge is 0.326 e. The number of likely N-dealkylation sites (tertiary alicyclic amines) is 1. The van der Waals surface area contributed by atoms with Gasteiger partial charge >= 0.3 is 5.97 Å². The fourth-order valence-corrected chi connectivity index (χ4v) is 3.00. The van der Waals surface area contributed by atoms with Gasteiger partial charge in [-0.2, -0.15) is 0 Å². The number of carbonyl (C=O) groups excluding carboxylic acids is 1. The normalized spacial score (nSPS) is 19.8. The molecule has 1 amide bonds. The Kier molecular flexibility index (Phi) is 5.31. The molecule has 0 aromatic rings. The molecule has 4 nitrogen and oxygen atoms in total. The molecular formula is C9H15NO3S2. The summed E-state index contributed by atoms with van der Waals surface area (Å²) in [7, 11) is 3.39. The first-order valence-electron chi connectivity index (χ1n) is 4.93. The maximum absolute atomic E-state index is 11.5. The largest absolute Gasteiger partial charge is 0.480 e. The zero-order valence-corrected chi connectivity index (χ0v) is 10.3. The third kappa shape index (κ3) is 3.61. The van der Waals surface area contributed by atoms with Gasteiger partial charge in [-0.3, -0.25) is 4.79 Å².